The summed E-state index contributed by atoms with van der Waals surface area (Å²) in [5.74, 6) is 0. The first-order valence-electron chi connectivity index (χ1n) is 1.49. The van der Waals surface area contributed by atoms with E-state index in [0.29, 0.717) is 0 Å². The molecule has 0 unspecified atom stereocenters. The summed E-state index contributed by atoms with van der Waals surface area (Å²) in [6.07, 6.45) is 0. The number of halogens is 2. The summed E-state index contributed by atoms with van der Waals surface area (Å²) in [6, 6.07) is 0. The zero-order valence-corrected chi connectivity index (χ0v) is 3.64. The van der Waals surface area contributed by atoms with Crippen LogP contribution in [-0.2, 0) is 4.84 Å². The van der Waals surface area contributed by atoms with Crippen LogP contribution in [-0.4, -0.2) is 24.1 Å². The summed E-state index contributed by atoms with van der Waals surface area (Å²) in [5, 5.41) is 7.25. The van der Waals surface area contributed by atoms with E-state index >= 15 is 0 Å². The van der Waals surface area contributed by atoms with Gasteiger partial charge in [0.25, 0.3) is 0 Å². The highest BCUT2D eigenvalue weighted by molar-refractivity contribution is 4.08. The quantitative estimate of drug-likeness (QED) is 0.417. The molecule has 0 spiro atoms. The van der Waals surface area contributed by atoms with E-state index in [1.165, 1.54) is 0 Å². The van der Waals surface area contributed by atoms with Gasteiger partial charge in [-0.3, -0.25) is 10.0 Å². The Morgan fingerprint density at radius 2 is 2.14 bits per heavy atom. The number of alkyl halides is 2. The van der Waals surface area contributed by atoms with E-state index in [0.717, 1.165) is 7.11 Å². The van der Waals surface area contributed by atoms with Crippen molar-refractivity contribution in [2.45, 2.75) is 6.55 Å². The van der Waals surface area contributed by atoms with Crippen molar-refractivity contribution >= 4 is 0 Å². The first-order valence-corrected chi connectivity index (χ1v) is 1.49. The molecule has 0 atom stereocenters. The average molecular weight is 113 g/mol. The molecule has 44 valence electrons. The minimum absolute atomic E-state index is 0.542. The van der Waals surface area contributed by atoms with Crippen LogP contribution in [0.2, 0.25) is 0 Å². The Labute approximate surface area is 39.0 Å². The van der Waals surface area contributed by atoms with Crippen LogP contribution in [0.5, 0.6) is 0 Å². The Morgan fingerprint density at radius 3 is 2.14 bits per heavy atom. The van der Waals surface area contributed by atoms with Gasteiger partial charge in [-0.05, 0) is 5.23 Å². The largest absolute Gasteiger partial charge is 0.338 e. The molecule has 0 bridgehead atoms. The molecular formula is C2H5F2NO2. The van der Waals surface area contributed by atoms with Crippen LogP contribution in [0, 0.1) is 0 Å². The SMILES string of the molecule is CON(O)C(F)F. The number of rotatable bonds is 2. The number of nitrogens with zero attached hydrogens (tertiary/aromatic N) is 1. The fourth-order valence-corrected chi connectivity index (χ4v) is 0.0797. The first-order chi connectivity index (χ1) is 3.18. The molecule has 5 heteroatoms. The zero-order valence-electron chi connectivity index (χ0n) is 3.64. The van der Waals surface area contributed by atoms with E-state index in [1.54, 1.807) is 0 Å². The molecular weight excluding hydrogens is 108 g/mol. The number of hydrogen-bond donors (Lipinski definition) is 1. The van der Waals surface area contributed by atoms with Crippen molar-refractivity contribution in [3.63, 3.8) is 0 Å². The summed E-state index contributed by atoms with van der Waals surface area (Å²) in [6.45, 7) is -2.97. The van der Waals surface area contributed by atoms with Crippen LogP contribution >= 0.6 is 0 Å². The summed E-state index contributed by atoms with van der Waals surface area (Å²) in [5.41, 5.74) is 0. The summed E-state index contributed by atoms with van der Waals surface area (Å²) < 4.78 is 22.0. The van der Waals surface area contributed by atoms with Gasteiger partial charge in [0.05, 0.1) is 7.11 Å². The molecule has 3 nitrogen and oxygen atoms in total. The van der Waals surface area contributed by atoms with Crippen LogP contribution in [0.4, 0.5) is 8.78 Å². The van der Waals surface area contributed by atoms with Gasteiger partial charge in [-0.25, -0.2) is 0 Å². The molecule has 0 fully saturated rings. The Balaban J connectivity index is 3.14. The first kappa shape index (κ1) is 6.74. The van der Waals surface area contributed by atoms with Gasteiger partial charge in [0.1, 0.15) is 0 Å². The van der Waals surface area contributed by atoms with Crippen molar-refractivity contribution in [1.82, 2.24) is 5.23 Å². The van der Waals surface area contributed by atoms with Crippen molar-refractivity contribution < 1.29 is 18.8 Å². The molecule has 0 aliphatic rings. The lowest BCUT2D eigenvalue weighted by atomic mass is 11.3. The maximum absolute atomic E-state index is 11.0. The average Bonchev–Trinajstić information content (AvgIpc) is 1.65. The van der Waals surface area contributed by atoms with Gasteiger partial charge in [0, 0.05) is 0 Å². The maximum Gasteiger partial charge on any atom is 0.338 e. The molecule has 0 rings (SSSR count). The molecule has 7 heavy (non-hydrogen) atoms. The highest BCUT2D eigenvalue weighted by atomic mass is 19.3. The summed E-state index contributed by atoms with van der Waals surface area (Å²) in [4.78, 5) is 3.65. The van der Waals surface area contributed by atoms with Crippen molar-refractivity contribution in [3.05, 3.63) is 0 Å². The van der Waals surface area contributed by atoms with Crippen molar-refractivity contribution in [3.8, 4) is 0 Å². The summed E-state index contributed by atoms with van der Waals surface area (Å²) >= 11 is 0. The van der Waals surface area contributed by atoms with Gasteiger partial charge < -0.3 is 0 Å². The molecule has 0 radical (unpaired) electrons. The highest BCUT2D eigenvalue weighted by Crippen LogP contribution is 1.95. The fourth-order valence-electron chi connectivity index (χ4n) is 0.0797. The Kier molecular flexibility index (Phi) is 2.73. The minimum atomic E-state index is -2.97. The maximum atomic E-state index is 11.0. The predicted molar refractivity (Wildman–Crippen MR) is 16.6 cm³/mol. The standard InChI is InChI=1S/C2H5F2NO2/c1-7-5(6)2(3)4/h2,6H,1H3. The molecule has 0 aliphatic carbocycles. The van der Waals surface area contributed by atoms with Gasteiger partial charge >= 0.3 is 6.55 Å². The zero-order chi connectivity index (χ0) is 5.86. The van der Waals surface area contributed by atoms with Crippen molar-refractivity contribution in [2.75, 3.05) is 7.11 Å². The molecule has 0 aliphatic heterocycles. The van der Waals surface area contributed by atoms with Gasteiger partial charge in [0.2, 0.25) is 0 Å². The predicted octanol–water partition coefficient (Wildman–Crippen LogP) is 0.462. The van der Waals surface area contributed by atoms with Crippen LogP contribution in [0.25, 0.3) is 0 Å². The fraction of sp³-hybridized carbons (Fsp3) is 1.00. The van der Waals surface area contributed by atoms with Crippen molar-refractivity contribution in [2.24, 2.45) is 0 Å². The van der Waals surface area contributed by atoms with E-state index in [-0.39, 0.29) is 0 Å². The Bertz CT molecular complexity index is 51.0. The van der Waals surface area contributed by atoms with Crippen LogP contribution < -0.4 is 0 Å². The molecule has 1 N–H and O–H groups in total. The van der Waals surface area contributed by atoms with E-state index < -0.39 is 11.8 Å². The second kappa shape index (κ2) is 2.84. The Hall–Kier alpha value is -0.260. The van der Waals surface area contributed by atoms with Crippen LogP contribution in [0.1, 0.15) is 0 Å². The van der Waals surface area contributed by atoms with E-state index in [1.807, 2.05) is 0 Å². The lowest BCUT2D eigenvalue weighted by Gasteiger charge is -2.06. The highest BCUT2D eigenvalue weighted by Gasteiger charge is 2.10. The molecule has 0 saturated carbocycles. The topological polar surface area (TPSA) is 32.7 Å². The van der Waals surface area contributed by atoms with Gasteiger partial charge in [-0.1, -0.05) is 0 Å². The van der Waals surface area contributed by atoms with Crippen LogP contribution in [0.15, 0.2) is 0 Å². The van der Waals surface area contributed by atoms with E-state index in [4.69, 9.17) is 5.21 Å². The molecule has 0 heterocycles. The second-order valence-electron chi connectivity index (χ2n) is 0.763. The molecule has 0 aromatic rings. The third kappa shape index (κ3) is 2.44. The molecule has 0 amide bonds. The minimum Gasteiger partial charge on any atom is -0.285 e. The van der Waals surface area contributed by atoms with Crippen molar-refractivity contribution in [1.29, 1.82) is 0 Å². The monoisotopic (exact) mass is 113 g/mol. The lowest BCUT2D eigenvalue weighted by molar-refractivity contribution is -0.395. The van der Waals surface area contributed by atoms with E-state index in [2.05, 4.69) is 4.84 Å². The second-order valence-corrected chi connectivity index (χ2v) is 0.763. The lowest BCUT2D eigenvalue weighted by Crippen LogP contribution is -2.23. The van der Waals surface area contributed by atoms with Gasteiger partial charge in [0.15, 0.2) is 0 Å². The van der Waals surface area contributed by atoms with Crippen LogP contribution in [0.3, 0.4) is 0 Å². The van der Waals surface area contributed by atoms with Gasteiger partial charge in [-0.15, -0.1) is 0 Å². The number of hydroxylamine groups is 2. The summed E-state index contributed by atoms with van der Waals surface area (Å²) in [7, 11) is 0.937. The molecule has 0 aromatic heterocycles. The third-order valence-corrected chi connectivity index (χ3v) is 0.354. The molecule has 0 saturated heterocycles. The third-order valence-electron chi connectivity index (χ3n) is 0.354. The Morgan fingerprint density at radius 1 is 1.71 bits per heavy atom. The normalized spacial score (nSPS) is 11.1. The smallest absolute Gasteiger partial charge is 0.285 e. The number of hydrogen-bond acceptors (Lipinski definition) is 3. The van der Waals surface area contributed by atoms with E-state index in [9.17, 15) is 8.78 Å². The van der Waals surface area contributed by atoms with Gasteiger partial charge in [-0.2, -0.15) is 8.78 Å². The molecule has 0 aromatic carbocycles.